The van der Waals surface area contributed by atoms with Crippen LogP contribution in [0.4, 0.5) is 0 Å². The molecule has 0 aromatic rings. The minimum absolute atomic E-state index is 0.0126. The van der Waals surface area contributed by atoms with E-state index in [0.717, 1.165) is 11.8 Å². The Kier molecular flexibility index (Phi) is 5.52. The zero-order chi connectivity index (χ0) is 12.8. The highest BCUT2D eigenvalue weighted by atomic mass is 16.5. The van der Waals surface area contributed by atoms with Gasteiger partial charge in [-0.2, -0.15) is 0 Å². The van der Waals surface area contributed by atoms with Crippen LogP contribution >= 0.6 is 0 Å². The number of ether oxygens (including phenoxy) is 1. The molecule has 2 saturated carbocycles. The molecule has 18 heavy (non-hydrogen) atoms. The van der Waals surface area contributed by atoms with Gasteiger partial charge in [-0.3, -0.25) is 4.79 Å². The highest BCUT2D eigenvalue weighted by Gasteiger charge is 2.29. The van der Waals surface area contributed by atoms with Crippen molar-refractivity contribution in [2.24, 2.45) is 17.8 Å². The van der Waals surface area contributed by atoms with Crippen molar-refractivity contribution < 1.29 is 9.53 Å². The molecule has 2 rings (SSSR count). The lowest BCUT2D eigenvalue weighted by molar-refractivity contribution is -0.144. The van der Waals surface area contributed by atoms with Gasteiger partial charge >= 0.3 is 5.97 Å². The van der Waals surface area contributed by atoms with Crippen LogP contribution in [0.1, 0.15) is 71.1 Å². The van der Waals surface area contributed by atoms with Gasteiger partial charge in [0.15, 0.2) is 0 Å². The molecule has 0 saturated heterocycles. The van der Waals surface area contributed by atoms with E-state index in [-0.39, 0.29) is 5.97 Å². The number of carbonyl (C=O) groups excluding carboxylic acids is 1. The molecule has 2 fully saturated rings. The van der Waals surface area contributed by atoms with Crippen molar-refractivity contribution >= 4 is 5.97 Å². The van der Waals surface area contributed by atoms with E-state index in [4.69, 9.17) is 4.74 Å². The lowest BCUT2D eigenvalue weighted by Gasteiger charge is -2.35. The largest absolute Gasteiger partial charge is 0.466 e. The zero-order valence-electron chi connectivity index (χ0n) is 11.8. The normalized spacial score (nSPS) is 30.1. The summed E-state index contributed by atoms with van der Waals surface area (Å²) in [6.07, 6.45) is 13.2. The van der Waals surface area contributed by atoms with Crippen LogP contribution in [0.2, 0.25) is 0 Å². The molecule has 0 bridgehead atoms. The molecule has 0 aliphatic heterocycles. The van der Waals surface area contributed by atoms with Gasteiger partial charge < -0.3 is 4.74 Å². The SMILES string of the molecule is CCOC(=O)CC1CCC(C2CCCCC2)CC1. The summed E-state index contributed by atoms with van der Waals surface area (Å²) in [6, 6.07) is 0. The molecule has 0 amide bonds. The van der Waals surface area contributed by atoms with Gasteiger partial charge in [0.2, 0.25) is 0 Å². The fourth-order valence-corrected chi connectivity index (χ4v) is 3.92. The third kappa shape index (κ3) is 4.00. The van der Waals surface area contributed by atoms with Crippen molar-refractivity contribution in [1.82, 2.24) is 0 Å². The third-order valence-corrected chi connectivity index (χ3v) is 4.97. The molecular formula is C16H28O2. The standard InChI is InChI=1S/C16H28O2/c1-2-18-16(17)12-13-8-10-15(11-9-13)14-6-4-3-5-7-14/h13-15H,2-12H2,1H3. The fraction of sp³-hybridized carbons (Fsp3) is 0.938. The van der Waals surface area contributed by atoms with E-state index in [2.05, 4.69) is 0 Å². The summed E-state index contributed by atoms with van der Waals surface area (Å²) in [6.45, 7) is 2.41. The molecule has 2 heteroatoms. The summed E-state index contributed by atoms with van der Waals surface area (Å²) < 4.78 is 5.05. The van der Waals surface area contributed by atoms with E-state index < -0.39 is 0 Å². The lowest BCUT2D eigenvalue weighted by Crippen LogP contribution is -2.25. The maximum atomic E-state index is 11.5. The Balaban J connectivity index is 1.69. The second-order valence-electron chi connectivity index (χ2n) is 6.19. The van der Waals surface area contributed by atoms with Crippen LogP contribution in [0.25, 0.3) is 0 Å². The molecule has 2 nitrogen and oxygen atoms in total. The van der Waals surface area contributed by atoms with Crippen LogP contribution in [-0.4, -0.2) is 12.6 Å². The number of rotatable bonds is 4. The highest BCUT2D eigenvalue weighted by Crippen LogP contribution is 2.40. The van der Waals surface area contributed by atoms with Crippen molar-refractivity contribution in [2.75, 3.05) is 6.61 Å². The summed E-state index contributed by atoms with van der Waals surface area (Å²) in [7, 11) is 0. The minimum atomic E-state index is 0.0126. The zero-order valence-corrected chi connectivity index (χ0v) is 11.8. The quantitative estimate of drug-likeness (QED) is 0.696. The molecule has 2 aliphatic rings. The molecular weight excluding hydrogens is 224 g/mol. The van der Waals surface area contributed by atoms with Gasteiger partial charge in [0.1, 0.15) is 0 Å². The summed E-state index contributed by atoms with van der Waals surface area (Å²) in [5.74, 6) is 2.58. The molecule has 2 aliphatic carbocycles. The maximum absolute atomic E-state index is 11.5. The first kappa shape index (κ1) is 13.9. The van der Waals surface area contributed by atoms with Crippen molar-refractivity contribution in [1.29, 1.82) is 0 Å². The first-order valence-corrected chi connectivity index (χ1v) is 7.95. The minimum Gasteiger partial charge on any atom is -0.466 e. The van der Waals surface area contributed by atoms with E-state index in [1.54, 1.807) is 0 Å². The molecule has 0 radical (unpaired) electrons. The van der Waals surface area contributed by atoms with E-state index >= 15 is 0 Å². The van der Waals surface area contributed by atoms with Crippen molar-refractivity contribution in [3.05, 3.63) is 0 Å². The van der Waals surface area contributed by atoms with Crippen LogP contribution in [0.5, 0.6) is 0 Å². The Labute approximate surface area is 111 Å². The molecule has 0 aromatic carbocycles. The number of carbonyl (C=O) groups is 1. The Bertz CT molecular complexity index is 248. The maximum Gasteiger partial charge on any atom is 0.306 e. The molecule has 0 N–H and O–H groups in total. The predicted octanol–water partition coefficient (Wildman–Crippen LogP) is 4.33. The Morgan fingerprint density at radius 1 is 0.944 bits per heavy atom. The van der Waals surface area contributed by atoms with E-state index in [1.807, 2.05) is 6.92 Å². The van der Waals surface area contributed by atoms with Gasteiger partial charge in [0.25, 0.3) is 0 Å². The summed E-state index contributed by atoms with van der Waals surface area (Å²) in [4.78, 5) is 11.5. The van der Waals surface area contributed by atoms with Crippen molar-refractivity contribution in [3.8, 4) is 0 Å². The third-order valence-electron chi connectivity index (χ3n) is 4.97. The van der Waals surface area contributed by atoms with Gasteiger partial charge in [-0.05, 0) is 50.4 Å². The second kappa shape index (κ2) is 7.16. The predicted molar refractivity (Wildman–Crippen MR) is 73.3 cm³/mol. The van der Waals surface area contributed by atoms with Crippen LogP contribution in [-0.2, 0) is 9.53 Å². The van der Waals surface area contributed by atoms with E-state index in [9.17, 15) is 4.79 Å². The summed E-state index contributed by atoms with van der Waals surface area (Å²) in [5, 5.41) is 0. The molecule has 0 heterocycles. The first-order chi connectivity index (χ1) is 8.79. The summed E-state index contributed by atoms with van der Waals surface area (Å²) >= 11 is 0. The van der Waals surface area contributed by atoms with Crippen LogP contribution in [0, 0.1) is 17.8 Å². The van der Waals surface area contributed by atoms with Gasteiger partial charge in [-0.25, -0.2) is 0 Å². The Morgan fingerprint density at radius 3 is 2.17 bits per heavy atom. The topological polar surface area (TPSA) is 26.3 Å². The first-order valence-electron chi connectivity index (χ1n) is 7.95. The molecule has 104 valence electrons. The average molecular weight is 252 g/mol. The Morgan fingerprint density at radius 2 is 1.56 bits per heavy atom. The smallest absolute Gasteiger partial charge is 0.306 e. The molecule has 0 aromatic heterocycles. The van der Waals surface area contributed by atoms with Crippen molar-refractivity contribution in [3.63, 3.8) is 0 Å². The molecule has 0 atom stereocenters. The van der Waals surface area contributed by atoms with Gasteiger partial charge in [0.05, 0.1) is 6.61 Å². The summed E-state index contributed by atoms with van der Waals surface area (Å²) in [5.41, 5.74) is 0. The van der Waals surface area contributed by atoms with Gasteiger partial charge in [-0.15, -0.1) is 0 Å². The molecule has 0 spiro atoms. The van der Waals surface area contributed by atoms with E-state index in [1.165, 1.54) is 57.8 Å². The fourth-order valence-electron chi connectivity index (χ4n) is 3.92. The van der Waals surface area contributed by atoms with E-state index in [0.29, 0.717) is 18.9 Å². The number of hydrogen-bond donors (Lipinski definition) is 0. The number of esters is 1. The van der Waals surface area contributed by atoms with Gasteiger partial charge in [0, 0.05) is 6.42 Å². The average Bonchev–Trinajstić information content (AvgIpc) is 2.41. The van der Waals surface area contributed by atoms with Crippen LogP contribution in [0.3, 0.4) is 0 Å². The van der Waals surface area contributed by atoms with Crippen molar-refractivity contribution in [2.45, 2.75) is 71.1 Å². The Hall–Kier alpha value is -0.530. The lowest BCUT2D eigenvalue weighted by atomic mass is 9.70. The van der Waals surface area contributed by atoms with Crippen LogP contribution in [0.15, 0.2) is 0 Å². The monoisotopic (exact) mass is 252 g/mol. The van der Waals surface area contributed by atoms with Gasteiger partial charge in [-0.1, -0.05) is 32.1 Å². The second-order valence-corrected chi connectivity index (χ2v) is 6.19. The highest BCUT2D eigenvalue weighted by molar-refractivity contribution is 5.69. The number of hydrogen-bond acceptors (Lipinski definition) is 2. The van der Waals surface area contributed by atoms with Crippen LogP contribution < -0.4 is 0 Å². The molecule has 0 unspecified atom stereocenters.